The predicted octanol–water partition coefficient (Wildman–Crippen LogP) is 0.998. The third-order valence-electron chi connectivity index (χ3n) is 2.55. The lowest BCUT2D eigenvalue weighted by atomic mass is 10.0. The Balaban J connectivity index is 2.26. The molecule has 0 unspecified atom stereocenters. The molecule has 1 atom stereocenters. The van der Waals surface area contributed by atoms with Crippen molar-refractivity contribution in [2.24, 2.45) is 0 Å². The maximum absolute atomic E-state index is 9.11. The number of nitrogens with zero attached hydrogens (tertiary/aromatic N) is 1. The first-order valence-corrected chi connectivity index (χ1v) is 4.69. The van der Waals surface area contributed by atoms with Crippen molar-refractivity contribution in [3.63, 3.8) is 0 Å². The van der Waals surface area contributed by atoms with Crippen LogP contribution in [0.4, 0.5) is 0 Å². The van der Waals surface area contributed by atoms with Gasteiger partial charge >= 0.3 is 0 Å². The van der Waals surface area contributed by atoms with Crippen LogP contribution in [-0.4, -0.2) is 16.6 Å². The van der Waals surface area contributed by atoms with Crippen LogP contribution in [0.15, 0.2) is 18.5 Å². The Morgan fingerprint density at radius 1 is 1.62 bits per heavy atom. The van der Waals surface area contributed by atoms with E-state index in [1.54, 1.807) is 12.4 Å². The number of aliphatic hydroxyl groups is 1. The summed E-state index contributed by atoms with van der Waals surface area (Å²) in [5.41, 5.74) is 2.15. The highest BCUT2D eigenvalue weighted by molar-refractivity contribution is 5.26. The second-order valence-electron chi connectivity index (χ2n) is 3.38. The van der Waals surface area contributed by atoms with Crippen molar-refractivity contribution in [3.05, 3.63) is 29.6 Å². The van der Waals surface area contributed by atoms with Gasteiger partial charge in [0.25, 0.3) is 0 Å². The van der Waals surface area contributed by atoms with Crippen LogP contribution in [0.5, 0.6) is 0 Å². The first kappa shape index (κ1) is 8.66. The molecule has 1 aromatic rings. The second-order valence-corrected chi connectivity index (χ2v) is 3.38. The maximum Gasteiger partial charge on any atom is 0.0700 e. The van der Waals surface area contributed by atoms with Gasteiger partial charge in [0.2, 0.25) is 0 Å². The van der Waals surface area contributed by atoms with Gasteiger partial charge in [-0.05, 0) is 31.0 Å². The van der Waals surface area contributed by atoms with Crippen molar-refractivity contribution in [1.82, 2.24) is 10.3 Å². The highest BCUT2D eigenvalue weighted by Crippen LogP contribution is 2.25. The molecule has 0 saturated carbocycles. The van der Waals surface area contributed by atoms with Crippen LogP contribution >= 0.6 is 0 Å². The highest BCUT2D eigenvalue weighted by Gasteiger charge is 2.18. The summed E-state index contributed by atoms with van der Waals surface area (Å²) in [6.07, 6.45) is 5.92. The molecule has 0 radical (unpaired) electrons. The zero-order chi connectivity index (χ0) is 9.10. The van der Waals surface area contributed by atoms with E-state index in [9.17, 15) is 0 Å². The van der Waals surface area contributed by atoms with E-state index in [-0.39, 0.29) is 6.61 Å². The summed E-state index contributed by atoms with van der Waals surface area (Å²) >= 11 is 0. The van der Waals surface area contributed by atoms with Gasteiger partial charge in [-0.3, -0.25) is 4.98 Å². The lowest BCUT2D eigenvalue weighted by molar-refractivity contribution is 0.279. The first-order chi connectivity index (χ1) is 6.42. The predicted molar refractivity (Wildman–Crippen MR) is 50.1 cm³/mol. The summed E-state index contributed by atoms with van der Waals surface area (Å²) in [6.45, 7) is 1.17. The van der Waals surface area contributed by atoms with Gasteiger partial charge < -0.3 is 10.4 Å². The molecule has 1 fully saturated rings. The summed E-state index contributed by atoms with van der Waals surface area (Å²) in [5.74, 6) is 0. The number of rotatable bonds is 2. The van der Waals surface area contributed by atoms with Crippen molar-refractivity contribution in [2.75, 3.05) is 6.54 Å². The number of nitrogens with one attached hydrogen (secondary N) is 1. The fraction of sp³-hybridized carbons (Fsp3) is 0.500. The summed E-state index contributed by atoms with van der Waals surface area (Å²) < 4.78 is 0. The fourth-order valence-corrected chi connectivity index (χ4v) is 1.86. The van der Waals surface area contributed by atoms with Crippen molar-refractivity contribution in [3.8, 4) is 0 Å². The molecule has 0 aliphatic carbocycles. The molecule has 2 N–H and O–H groups in total. The molecule has 2 heterocycles. The zero-order valence-electron chi connectivity index (χ0n) is 7.53. The average Bonchev–Trinajstić information content (AvgIpc) is 2.70. The molecule has 1 saturated heterocycles. The van der Waals surface area contributed by atoms with E-state index in [1.165, 1.54) is 12.0 Å². The van der Waals surface area contributed by atoms with Gasteiger partial charge in [-0.15, -0.1) is 0 Å². The number of hydrogen-bond donors (Lipinski definition) is 2. The van der Waals surface area contributed by atoms with Gasteiger partial charge in [-0.2, -0.15) is 0 Å². The monoisotopic (exact) mass is 178 g/mol. The van der Waals surface area contributed by atoms with E-state index in [4.69, 9.17) is 5.11 Å². The molecule has 0 aromatic carbocycles. The fourth-order valence-electron chi connectivity index (χ4n) is 1.86. The third kappa shape index (κ3) is 1.71. The van der Waals surface area contributed by atoms with Crippen LogP contribution in [0.1, 0.15) is 30.0 Å². The van der Waals surface area contributed by atoms with Crippen molar-refractivity contribution >= 4 is 0 Å². The molecular weight excluding hydrogens is 164 g/mol. The Labute approximate surface area is 77.8 Å². The number of pyridine rings is 1. The Hall–Kier alpha value is -0.930. The Morgan fingerprint density at radius 3 is 3.23 bits per heavy atom. The molecule has 1 aliphatic heterocycles. The third-order valence-corrected chi connectivity index (χ3v) is 2.55. The molecule has 1 aliphatic rings. The molecule has 2 rings (SSSR count). The van der Waals surface area contributed by atoms with Crippen molar-refractivity contribution in [1.29, 1.82) is 0 Å². The smallest absolute Gasteiger partial charge is 0.0700 e. The van der Waals surface area contributed by atoms with Gasteiger partial charge in [0.15, 0.2) is 0 Å². The standard InChI is InChI=1S/C10H14N2O/c13-7-8-6-11-5-3-9(8)10-2-1-4-12-10/h3,5-6,10,12-13H,1-2,4,7H2/t10-/m1/s1. The largest absolute Gasteiger partial charge is 0.392 e. The van der Waals surface area contributed by atoms with Gasteiger partial charge in [-0.25, -0.2) is 0 Å². The van der Waals surface area contributed by atoms with Crippen LogP contribution in [0.3, 0.4) is 0 Å². The molecule has 70 valence electrons. The molecule has 0 spiro atoms. The second kappa shape index (κ2) is 3.85. The molecule has 0 bridgehead atoms. The van der Waals surface area contributed by atoms with E-state index >= 15 is 0 Å². The molecule has 13 heavy (non-hydrogen) atoms. The van der Waals surface area contributed by atoms with Crippen LogP contribution in [-0.2, 0) is 6.61 Å². The van der Waals surface area contributed by atoms with Gasteiger partial charge in [-0.1, -0.05) is 0 Å². The average molecular weight is 178 g/mol. The SMILES string of the molecule is OCc1cnccc1[C@H]1CCCN1. The van der Waals surface area contributed by atoms with Crippen LogP contribution in [0.2, 0.25) is 0 Å². The quantitative estimate of drug-likeness (QED) is 0.710. The number of hydrogen-bond acceptors (Lipinski definition) is 3. The lowest BCUT2D eigenvalue weighted by Gasteiger charge is -2.13. The molecule has 3 nitrogen and oxygen atoms in total. The minimum atomic E-state index is 0.0847. The van der Waals surface area contributed by atoms with Crippen molar-refractivity contribution in [2.45, 2.75) is 25.5 Å². The summed E-state index contributed by atoms with van der Waals surface area (Å²) in [4.78, 5) is 4.00. The van der Waals surface area contributed by atoms with Crippen LogP contribution in [0.25, 0.3) is 0 Å². The molecule has 1 aromatic heterocycles. The summed E-state index contributed by atoms with van der Waals surface area (Å²) in [7, 11) is 0. The van der Waals surface area contributed by atoms with E-state index < -0.39 is 0 Å². The minimum absolute atomic E-state index is 0.0847. The summed E-state index contributed by atoms with van der Waals surface area (Å²) in [5, 5.41) is 12.5. The minimum Gasteiger partial charge on any atom is -0.392 e. The maximum atomic E-state index is 9.11. The topological polar surface area (TPSA) is 45.2 Å². The zero-order valence-corrected chi connectivity index (χ0v) is 7.53. The Bertz CT molecular complexity index is 282. The van der Waals surface area contributed by atoms with Crippen molar-refractivity contribution < 1.29 is 5.11 Å². The Morgan fingerprint density at radius 2 is 2.54 bits per heavy atom. The molecule has 0 amide bonds. The Kier molecular flexibility index (Phi) is 2.57. The summed E-state index contributed by atoms with van der Waals surface area (Å²) in [6, 6.07) is 2.42. The van der Waals surface area contributed by atoms with Gasteiger partial charge in [0.05, 0.1) is 6.61 Å². The highest BCUT2D eigenvalue weighted by atomic mass is 16.3. The molecule has 3 heteroatoms. The van der Waals surface area contributed by atoms with Crippen LogP contribution in [0, 0.1) is 0 Å². The van der Waals surface area contributed by atoms with Gasteiger partial charge in [0, 0.05) is 24.0 Å². The van der Waals surface area contributed by atoms with E-state index in [0.29, 0.717) is 6.04 Å². The number of aromatic nitrogens is 1. The first-order valence-electron chi connectivity index (χ1n) is 4.69. The molecular formula is C10H14N2O. The van der Waals surface area contributed by atoms with E-state index in [1.807, 2.05) is 6.07 Å². The van der Waals surface area contributed by atoms with E-state index in [2.05, 4.69) is 10.3 Å². The lowest BCUT2D eigenvalue weighted by Crippen LogP contribution is -2.14. The van der Waals surface area contributed by atoms with Crippen LogP contribution < -0.4 is 5.32 Å². The normalized spacial score (nSPS) is 22.1. The number of aliphatic hydroxyl groups excluding tert-OH is 1. The van der Waals surface area contributed by atoms with E-state index in [0.717, 1.165) is 18.5 Å². The van der Waals surface area contributed by atoms with Gasteiger partial charge in [0.1, 0.15) is 0 Å².